The number of furan rings is 1. The number of amides is 1. The predicted octanol–water partition coefficient (Wildman–Crippen LogP) is 7.34. The van der Waals surface area contributed by atoms with Crippen molar-refractivity contribution in [2.75, 3.05) is 5.32 Å². The third-order valence-electron chi connectivity index (χ3n) is 5.99. The normalized spacial score (nSPS) is 16.0. The highest BCUT2D eigenvalue weighted by Gasteiger charge is 2.32. The van der Waals surface area contributed by atoms with Gasteiger partial charge in [0.15, 0.2) is 0 Å². The van der Waals surface area contributed by atoms with Crippen LogP contribution in [0.5, 0.6) is 0 Å². The zero-order valence-electron chi connectivity index (χ0n) is 18.4. The average Bonchev–Trinajstić information content (AvgIpc) is 3.35. The minimum absolute atomic E-state index is 0.231. The smallest absolute Gasteiger partial charge is 0.249 e. The van der Waals surface area contributed by atoms with Gasteiger partial charge < -0.3 is 9.73 Å². The third kappa shape index (κ3) is 4.82. The Hall–Kier alpha value is -2.81. The molecule has 1 aliphatic rings. The Kier molecular flexibility index (Phi) is 6.28. The van der Waals surface area contributed by atoms with Gasteiger partial charge in [-0.3, -0.25) is 4.79 Å². The summed E-state index contributed by atoms with van der Waals surface area (Å²) in [4.78, 5) is 13.8. The van der Waals surface area contributed by atoms with Gasteiger partial charge in [-0.1, -0.05) is 32.4 Å². The van der Waals surface area contributed by atoms with Crippen molar-refractivity contribution in [3.8, 4) is 17.4 Å². The molecule has 0 saturated carbocycles. The Morgan fingerprint density at radius 2 is 2.00 bits per heavy atom. The topological polar surface area (TPSA) is 66.0 Å². The Labute approximate surface area is 197 Å². The second-order valence-corrected chi connectivity index (χ2v) is 10.7. The van der Waals surface area contributed by atoms with Crippen molar-refractivity contribution in [2.24, 2.45) is 11.3 Å². The number of carbonyl (C=O) groups excluding carboxylic acids is 1. The lowest BCUT2D eigenvalue weighted by Crippen LogP contribution is -2.26. The zero-order valence-corrected chi connectivity index (χ0v) is 19.9. The van der Waals surface area contributed by atoms with Gasteiger partial charge in [0.1, 0.15) is 22.6 Å². The maximum Gasteiger partial charge on any atom is 0.249 e. The molecule has 0 saturated heterocycles. The van der Waals surface area contributed by atoms with Crippen LogP contribution in [0.3, 0.4) is 0 Å². The standard InChI is InChI=1S/C26H25ClN2O2S/c1-26(2,3)17-6-11-20-21(15-28)25(32-23(20)14-17)29-24(30)13-10-19-9-12-22(31-19)16-4-7-18(27)8-5-16/h4-5,7-10,12-13,17H,6,11,14H2,1-3H3,(H,29,30)/b13-10+/t17-/m0/s1. The van der Waals surface area contributed by atoms with E-state index in [1.807, 2.05) is 24.3 Å². The van der Waals surface area contributed by atoms with Crippen LogP contribution in [0.4, 0.5) is 5.00 Å². The van der Waals surface area contributed by atoms with Gasteiger partial charge in [-0.25, -0.2) is 0 Å². The van der Waals surface area contributed by atoms with Crippen molar-refractivity contribution in [1.29, 1.82) is 5.26 Å². The molecular formula is C26H25ClN2O2S. The summed E-state index contributed by atoms with van der Waals surface area (Å²) >= 11 is 7.47. The van der Waals surface area contributed by atoms with Crippen LogP contribution in [0, 0.1) is 22.7 Å². The Bertz CT molecular complexity index is 1210. The summed E-state index contributed by atoms with van der Waals surface area (Å²) < 4.78 is 5.81. The van der Waals surface area contributed by atoms with Crippen LogP contribution in [-0.4, -0.2) is 5.91 Å². The summed E-state index contributed by atoms with van der Waals surface area (Å²) in [6, 6.07) is 13.3. The monoisotopic (exact) mass is 464 g/mol. The first kappa shape index (κ1) is 22.4. The Balaban J connectivity index is 1.46. The summed E-state index contributed by atoms with van der Waals surface area (Å²) in [5.41, 5.74) is 2.86. The first-order valence-corrected chi connectivity index (χ1v) is 11.8. The summed E-state index contributed by atoms with van der Waals surface area (Å²) in [5.74, 6) is 1.58. The highest BCUT2D eigenvalue weighted by Crippen LogP contribution is 2.44. The molecule has 0 radical (unpaired) electrons. The SMILES string of the molecule is CC(C)(C)[C@H]1CCc2c(sc(NC(=O)/C=C/c3ccc(-c4ccc(Cl)cc4)o3)c2C#N)C1. The summed E-state index contributed by atoms with van der Waals surface area (Å²) in [6.07, 6.45) is 5.99. The molecule has 1 aliphatic carbocycles. The van der Waals surface area contributed by atoms with Gasteiger partial charge in [-0.15, -0.1) is 11.3 Å². The van der Waals surface area contributed by atoms with Crippen LogP contribution in [0.2, 0.25) is 5.02 Å². The molecule has 3 aromatic rings. The van der Waals surface area contributed by atoms with Crippen molar-refractivity contribution < 1.29 is 9.21 Å². The quantitative estimate of drug-likeness (QED) is 0.411. The number of thiophene rings is 1. The molecule has 1 aromatic carbocycles. The molecule has 0 fully saturated rings. The molecule has 0 bridgehead atoms. The van der Waals surface area contributed by atoms with Gasteiger partial charge in [0, 0.05) is 21.5 Å². The van der Waals surface area contributed by atoms with Crippen molar-refractivity contribution in [2.45, 2.75) is 40.0 Å². The Morgan fingerprint density at radius 1 is 1.25 bits per heavy atom. The van der Waals surface area contributed by atoms with E-state index in [4.69, 9.17) is 16.0 Å². The number of fused-ring (bicyclic) bond motifs is 1. The van der Waals surface area contributed by atoms with Crippen molar-refractivity contribution in [3.63, 3.8) is 0 Å². The van der Waals surface area contributed by atoms with Gasteiger partial charge in [0.2, 0.25) is 5.91 Å². The first-order chi connectivity index (χ1) is 15.2. The number of nitrogens with zero attached hydrogens (tertiary/aromatic N) is 1. The van der Waals surface area contributed by atoms with Crippen LogP contribution >= 0.6 is 22.9 Å². The molecular weight excluding hydrogens is 440 g/mol. The van der Waals surface area contributed by atoms with Gasteiger partial charge in [0.05, 0.1) is 5.56 Å². The number of hydrogen-bond donors (Lipinski definition) is 1. The van der Waals surface area contributed by atoms with E-state index in [2.05, 4.69) is 32.2 Å². The lowest BCUT2D eigenvalue weighted by molar-refractivity contribution is -0.111. The number of nitrogens with one attached hydrogen (secondary N) is 1. The zero-order chi connectivity index (χ0) is 22.9. The number of benzene rings is 1. The number of hydrogen-bond acceptors (Lipinski definition) is 4. The van der Waals surface area contributed by atoms with Gasteiger partial charge in [-0.2, -0.15) is 5.26 Å². The molecule has 2 heterocycles. The molecule has 4 nitrogen and oxygen atoms in total. The molecule has 0 aliphatic heterocycles. The minimum Gasteiger partial charge on any atom is -0.457 e. The van der Waals surface area contributed by atoms with Crippen LogP contribution in [0.15, 0.2) is 46.9 Å². The predicted molar refractivity (Wildman–Crippen MR) is 131 cm³/mol. The highest BCUT2D eigenvalue weighted by atomic mass is 35.5. The molecule has 0 unspecified atom stereocenters. The van der Waals surface area contributed by atoms with Crippen molar-refractivity contribution in [3.05, 3.63) is 69.3 Å². The van der Waals surface area contributed by atoms with E-state index >= 15 is 0 Å². The second kappa shape index (κ2) is 8.97. The molecule has 1 atom stereocenters. The van der Waals surface area contributed by atoms with E-state index < -0.39 is 0 Å². The number of anilines is 1. The number of rotatable bonds is 4. The second-order valence-electron chi connectivity index (χ2n) is 9.16. The van der Waals surface area contributed by atoms with Crippen LogP contribution < -0.4 is 5.32 Å². The fourth-order valence-electron chi connectivity index (χ4n) is 4.05. The first-order valence-electron chi connectivity index (χ1n) is 10.6. The van der Waals surface area contributed by atoms with Crippen molar-refractivity contribution >= 4 is 39.9 Å². The van der Waals surface area contributed by atoms with Crippen LogP contribution in [0.25, 0.3) is 17.4 Å². The fraction of sp³-hybridized carbons (Fsp3) is 0.308. The minimum atomic E-state index is -0.281. The van der Waals surface area contributed by atoms with Crippen LogP contribution in [-0.2, 0) is 17.6 Å². The number of halogens is 1. The molecule has 1 amide bonds. The number of carbonyl (C=O) groups is 1. The van der Waals surface area contributed by atoms with E-state index in [0.717, 1.165) is 30.4 Å². The third-order valence-corrected chi connectivity index (χ3v) is 7.41. The fourth-order valence-corrected chi connectivity index (χ4v) is 5.46. The Morgan fingerprint density at radius 3 is 2.69 bits per heavy atom. The van der Waals surface area contributed by atoms with E-state index in [1.54, 1.807) is 18.2 Å². The summed E-state index contributed by atoms with van der Waals surface area (Å²) in [7, 11) is 0. The molecule has 0 spiro atoms. The molecule has 164 valence electrons. The molecule has 4 rings (SSSR count). The lowest BCUT2D eigenvalue weighted by Gasteiger charge is -2.33. The molecule has 1 N–H and O–H groups in total. The maximum atomic E-state index is 12.5. The van der Waals surface area contributed by atoms with Crippen molar-refractivity contribution in [1.82, 2.24) is 0 Å². The molecule has 6 heteroatoms. The lowest BCUT2D eigenvalue weighted by atomic mass is 9.72. The summed E-state index contributed by atoms with van der Waals surface area (Å²) in [6.45, 7) is 6.80. The van der Waals surface area contributed by atoms with E-state index in [0.29, 0.717) is 33.0 Å². The number of nitriles is 1. The summed E-state index contributed by atoms with van der Waals surface area (Å²) in [5, 5.41) is 13.9. The maximum absolute atomic E-state index is 12.5. The van der Waals surface area contributed by atoms with Gasteiger partial charge >= 0.3 is 0 Å². The average molecular weight is 465 g/mol. The van der Waals surface area contributed by atoms with E-state index in [9.17, 15) is 10.1 Å². The molecule has 32 heavy (non-hydrogen) atoms. The van der Waals surface area contributed by atoms with E-state index in [1.165, 1.54) is 22.3 Å². The van der Waals surface area contributed by atoms with Gasteiger partial charge in [0.25, 0.3) is 0 Å². The molecule has 2 aromatic heterocycles. The largest absolute Gasteiger partial charge is 0.457 e. The van der Waals surface area contributed by atoms with E-state index in [-0.39, 0.29) is 11.3 Å². The van der Waals surface area contributed by atoms with Gasteiger partial charge in [-0.05, 0) is 78.6 Å². The van der Waals surface area contributed by atoms with Crippen LogP contribution in [0.1, 0.15) is 49.0 Å². The highest BCUT2D eigenvalue weighted by molar-refractivity contribution is 7.16.